The Bertz CT molecular complexity index is 361. The molecule has 0 bridgehead atoms. The van der Waals surface area contributed by atoms with Gasteiger partial charge in [-0.2, -0.15) is 0 Å². The Morgan fingerprint density at radius 3 is 2.87 bits per heavy atom. The van der Waals surface area contributed by atoms with Crippen molar-refractivity contribution in [2.45, 2.75) is 0 Å². The van der Waals surface area contributed by atoms with Crippen LogP contribution in [0.3, 0.4) is 0 Å². The molecule has 0 atom stereocenters. The fourth-order valence-electron chi connectivity index (χ4n) is 1.48. The van der Waals surface area contributed by atoms with Gasteiger partial charge in [0.25, 0.3) is 5.91 Å². The summed E-state index contributed by atoms with van der Waals surface area (Å²) in [5.74, 6) is -0.314. The number of hydrogen-bond donors (Lipinski definition) is 1. The monoisotopic (exact) mass is 208 g/mol. The molecule has 1 aromatic rings. The van der Waals surface area contributed by atoms with Crippen LogP contribution in [0.25, 0.3) is 0 Å². The first kappa shape index (κ1) is 9.92. The Morgan fingerprint density at radius 2 is 2.20 bits per heavy atom. The lowest BCUT2D eigenvalue weighted by molar-refractivity contribution is 0.0297. The van der Waals surface area contributed by atoms with Crippen molar-refractivity contribution in [2.75, 3.05) is 26.3 Å². The van der Waals surface area contributed by atoms with Crippen LogP contribution in [0.5, 0.6) is 5.75 Å². The fourth-order valence-corrected chi connectivity index (χ4v) is 1.48. The van der Waals surface area contributed by atoms with Gasteiger partial charge in [-0.05, 0) is 12.1 Å². The van der Waals surface area contributed by atoms with Crippen LogP contribution in [0, 0.1) is 0 Å². The second-order valence-electron chi connectivity index (χ2n) is 3.28. The van der Waals surface area contributed by atoms with Crippen LogP contribution in [-0.2, 0) is 4.74 Å². The summed E-state index contributed by atoms with van der Waals surface area (Å²) < 4.78 is 5.14. The summed E-state index contributed by atoms with van der Waals surface area (Å²) in [7, 11) is 0. The highest BCUT2D eigenvalue weighted by Crippen LogP contribution is 2.15. The van der Waals surface area contributed by atoms with Crippen LogP contribution in [0.1, 0.15) is 10.5 Å². The SMILES string of the molecule is O=C(c1ncccc1O)N1CCOCC1. The minimum absolute atomic E-state index is 0.0750. The van der Waals surface area contributed by atoms with E-state index in [4.69, 9.17) is 4.74 Å². The molecular formula is C10H12N2O3. The number of aromatic hydroxyl groups is 1. The lowest BCUT2D eigenvalue weighted by atomic mass is 10.2. The number of morpholine rings is 1. The van der Waals surface area contributed by atoms with E-state index in [1.54, 1.807) is 11.0 Å². The molecule has 15 heavy (non-hydrogen) atoms. The highest BCUT2D eigenvalue weighted by Gasteiger charge is 2.21. The topological polar surface area (TPSA) is 62.7 Å². The third-order valence-corrected chi connectivity index (χ3v) is 2.29. The first-order valence-corrected chi connectivity index (χ1v) is 4.80. The van der Waals surface area contributed by atoms with E-state index in [2.05, 4.69) is 4.98 Å². The molecule has 0 saturated carbocycles. The molecule has 2 heterocycles. The van der Waals surface area contributed by atoms with Gasteiger partial charge in [0.2, 0.25) is 0 Å². The number of nitrogens with zero attached hydrogens (tertiary/aromatic N) is 2. The molecule has 1 aliphatic rings. The van der Waals surface area contributed by atoms with Crippen molar-refractivity contribution < 1.29 is 14.6 Å². The Labute approximate surface area is 87.3 Å². The summed E-state index contributed by atoms with van der Waals surface area (Å²) in [6.45, 7) is 2.18. The van der Waals surface area contributed by atoms with E-state index in [9.17, 15) is 9.90 Å². The lowest BCUT2D eigenvalue weighted by Gasteiger charge is -2.26. The molecule has 1 amide bonds. The Hall–Kier alpha value is -1.62. The van der Waals surface area contributed by atoms with E-state index in [-0.39, 0.29) is 17.4 Å². The number of hydrogen-bond acceptors (Lipinski definition) is 4. The standard InChI is InChI=1S/C10H12N2O3/c13-8-2-1-3-11-9(8)10(14)12-4-6-15-7-5-12/h1-3,13H,4-7H2. The summed E-state index contributed by atoms with van der Waals surface area (Å²) in [5, 5.41) is 9.47. The summed E-state index contributed by atoms with van der Waals surface area (Å²) in [6, 6.07) is 3.05. The van der Waals surface area contributed by atoms with E-state index < -0.39 is 0 Å². The molecule has 1 saturated heterocycles. The van der Waals surface area contributed by atoms with Crippen molar-refractivity contribution >= 4 is 5.91 Å². The lowest BCUT2D eigenvalue weighted by Crippen LogP contribution is -2.41. The van der Waals surface area contributed by atoms with Crippen molar-refractivity contribution in [3.63, 3.8) is 0 Å². The smallest absolute Gasteiger partial charge is 0.276 e. The molecule has 2 rings (SSSR count). The fraction of sp³-hybridized carbons (Fsp3) is 0.400. The number of ether oxygens (including phenoxy) is 1. The normalized spacial score (nSPS) is 16.4. The first-order chi connectivity index (χ1) is 7.29. The largest absolute Gasteiger partial charge is 0.505 e. The Morgan fingerprint density at radius 1 is 1.47 bits per heavy atom. The van der Waals surface area contributed by atoms with E-state index in [1.165, 1.54) is 12.3 Å². The van der Waals surface area contributed by atoms with Crippen molar-refractivity contribution in [2.24, 2.45) is 0 Å². The molecule has 1 aromatic heterocycles. The van der Waals surface area contributed by atoms with Crippen LogP contribution >= 0.6 is 0 Å². The molecule has 0 aromatic carbocycles. The molecule has 80 valence electrons. The average molecular weight is 208 g/mol. The van der Waals surface area contributed by atoms with Crippen LogP contribution in [0.2, 0.25) is 0 Å². The van der Waals surface area contributed by atoms with Crippen molar-refractivity contribution in [3.05, 3.63) is 24.0 Å². The van der Waals surface area contributed by atoms with Gasteiger partial charge in [-0.3, -0.25) is 4.79 Å². The van der Waals surface area contributed by atoms with Gasteiger partial charge in [0.15, 0.2) is 5.69 Å². The second-order valence-corrected chi connectivity index (χ2v) is 3.28. The molecule has 1 N–H and O–H groups in total. The zero-order valence-corrected chi connectivity index (χ0v) is 8.22. The first-order valence-electron chi connectivity index (χ1n) is 4.80. The summed E-state index contributed by atoms with van der Waals surface area (Å²) in [6.07, 6.45) is 1.49. The van der Waals surface area contributed by atoms with E-state index in [1.807, 2.05) is 0 Å². The van der Waals surface area contributed by atoms with Gasteiger partial charge in [0.05, 0.1) is 13.2 Å². The maximum atomic E-state index is 11.9. The Kier molecular flexibility index (Phi) is 2.82. The van der Waals surface area contributed by atoms with Gasteiger partial charge in [0.1, 0.15) is 5.75 Å². The van der Waals surface area contributed by atoms with Crippen LogP contribution < -0.4 is 0 Å². The number of carbonyl (C=O) groups excluding carboxylic acids is 1. The molecule has 0 spiro atoms. The highest BCUT2D eigenvalue weighted by atomic mass is 16.5. The maximum absolute atomic E-state index is 11.9. The summed E-state index contributed by atoms with van der Waals surface area (Å²) in [4.78, 5) is 17.4. The molecule has 5 heteroatoms. The number of amides is 1. The van der Waals surface area contributed by atoms with Gasteiger partial charge in [-0.15, -0.1) is 0 Å². The minimum atomic E-state index is -0.239. The van der Waals surface area contributed by atoms with E-state index in [0.717, 1.165) is 0 Å². The van der Waals surface area contributed by atoms with Crippen LogP contribution in [0.15, 0.2) is 18.3 Å². The number of aromatic nitrogens is 1. The molecule has 5 nitrogen and oxygen atoms in total. The minimum Gasteiger partial charge on any atom is -0.505 e. The number of pyridine rings is 1. The maximum Gasteiger partial charge on any atom is 0.276 e. The van der Waals surface area contributed by atoms with Crippen LogP contribution in [0.4, 0.5) is 0 Å². The second kappa shape index (κ2) is 4.27. The molecule has 0 radical (unpaired) electrons. The predicted octanol–water partition coefficient (Wildman–Crippen LogP) is 0.260. The van der Waals surface area contributed by atoms with Gasteiger partial charge < -0.3 is 14.7 Å². The Balaban J connectivity index is 2.16. The molecular weight excluding hydrogens is 196 g/mol. The summed E-state index contributed by atoms with van der Waals surface area (Å²) >= 11 is 0. The van der Waals surface area contributed by atoms with Crippen molar-refractivity contribution in [3.8, 4) is 5.75 Å². The predicted molar refractivity (Wildman–Crippen MR) is 52.6 cm³/mol. The van der Waals surface area contributed by atoms with Gasteiger partial charge in [-0.25, -0.2) is 4.98 Å². The molecule has 0 unspecified atom stereocenters. The average Bonchev–Trinajstić information content (AvgIpc) is 2.30. The van der Waals surface area contributed by atoms with Crippen molar-refractivity contribution in [1.29, 1.82) is 0 Å². The van der Waals surface area contributed by atoms with Crippen molar-refractivity contribution in [1.82, 2.24) is 9.88 Å². The van der Waals surface area contributed by atoms with Crippen LogP contribution in [-0.4, -0.2) is 47.2 Å². The zero-order chi connectivity index (χ0) is 10.7. The third kappa shape index (κ3) is 2.07. The number of rotatable bonds is 1. The van der Waals surface area contributed by atoms with Gasteiger partial charge in [0, 0.05) is 19.3 Å². The van der Waals surface area contributed by atoms with Gasteiger partial charge >= 0.3 is 0 Å². The zero-order valence-electron chi connectivity index (χ0n) is 8.22. The quantitative estimate of drug-likeness (QED) is 0.719. The summed E-state index contributed by atoms with van der Waals surface area (Å²) in [5.41, 5.74) is 0.111. The molecule has 1 fully saturated rings. The number of carbonyl (C=O) groups is 1. The molecule has 0 aliphatic carbocycles. The highest BCUT2D eigenvalue weighted by molar-refractivity contribution is 5.94. The molecule has 1 aliphatic heterocycles. The third-order valence-electron chi connectivity index (χ3n) is 2.29. The van der Waals surface area contributed by atoms with Gasteiger partial charge in [-0.1, -0.05) is 0 Å². The van der Waals surface area contributed by atoms with E-state index >= 15 is 0 Å². The van der Waals surface area contributed by atoms with E-state index in [0.29, 0.717) is 26.3 Å².